The number of imidazole rings is 1. The van der Waals surface area contributed by atoms with Gasteiger partial charge in [-0.1, -0.05) is 44.5 Å². The van der Waals surface area contributed by atoms with Crippen LogP contribution in [-0.2, 0) is 4.79 Å². The normalized spacial score (nSPS) is 20.1. The number of nitrogens with zero attached hydrogens (tertiary/aromatic N) is 3. The number of aromatic amines is 2. The number of carbonyl (C=O) groups excluding carboxylic acids is 3. The minimum Gasteiger partial charge on any atom is -0.350 e. The molecule has 0 saturated carbocycles. The van der Waals surface area contributed by atoms with Gasteiger partial charge in [-0.3, -0.25) is 14.4 Å². The number of rotatable bonds is 7. The number of para-hydroxylation sites is 3. The molecule has 2 unspecified atom stereocenters. The number of likely N-dealkylation sites (tertiary alicyclic amines) is 2. The van der Waals surface area contributed by atoms with E-state index in [-0.39, 0.29) is 53.5 Å². The first-order valence-electron chi connectivity index (χ1n) is 13.5. The predicted octanol–water partition coefficient (Wildman–Crippen LogP) is 3.70. The first kappa shape index (κ1) is 25.1. The van der Waals surface area contributed by atoms with Crippen molar-refractivity contribution in [2.24, 2.45) is 11.8 Å². The lowest BCUT2D eigenvalue weighted by molar-refractivity contribution is -0.139. The molecule has 2 aromatic heterocycles. The minimum atomic E-state index is -0.420. The van der Waals surface area contributed by atoms with E-state index >= 15 is 0 Å². The summed E-state index contributed by atoms with van der Waals surface area (Å²) in [6.07, 6.45) is 1.51. The first-order chi connectivity index (χ1) is 18.8. The third kappa shape index (κ3) is 4.43. The molecule has 39 heavy (non-hydrogen) atoms. The summed E-state index contributed by atoms with van der Waals surface area (Å²) in [7, 11) is 0. The number of H-pyrrole nitrogens is 2. The molecule has 2 fully saturated rings. The Balaban J connectivity index is 1.12. The molecule has 6 rings (SSSR count). The monoisotopic (exact) mass is 530 g/mol. The van der Waals surface area contributed by atoms with Gasteiger partial charge in [0.05, 0.1) is 34.6 Å². The molecular formula is C29H31FN6O3. The van der Waals surface area contributed by atoms with Crippen molar-refractivity contribution in [3.8, 4) is 0 Å². The van der Waals surface area contributed by atoms with Crippen LogP contribution >= 0.6 is 0 Å². The summed E-state index contributed by atoms with van der Waals surface area (Å²) >= 11 is 0. The number of halogens is 1. The third-order valence-corrected chi connectivity index (χ3v) is 8.36. The highest BCUT2D eigenvalue weighted by atomic mass is 19.1. The van der Waals surface area contributed by atoms with Gasteiger partial charge in [0, 0.05) is 25.0 Å². The van der Waals surface area contributed by atoms with E-state index in [9.17, 15) is 18.8 Å². The Morgan fingerprint density at radius 1 is 1.08 bits per heavy atom. The van der Waals surface area contributed by atoms with Gasteiger partial charge in [0.2, 0.25) is 5.91 Å². The van der Waals surface area contributed by atoms with Gasteiger partial charge in [0.25, 0.3) is 11.8 Å². The Kier molecular flexibility index (Phi) is 6.32. The van der Waals surface area contributed by atoms with Crippen LogP contribution in [0.3, 0.4) is 0 Å². The third-order valence-electron chi connectivity index (χ3n) is 8.36. The molecule has 2 aliphatic rings. The minimum absolute atomic E-state index is 0.00400. The number of carbonyl (C=O) groups is 3. The van der Waals surface area contributed by atoms with Crippen LogP contribution in [0.15, 0.2) is 48.5 Å². The summed E-state index contributed by atoms with van der Waals surface area (Å²) < 4.78 is 14.1. The molecular weight excluding hydrogens is 499 g/mol. The van der Waals surface area contributed by atoms with E-state index in [1.807, 2.05) is 47.9 Å². The highest BCUT2D eigenvalue weighted by molar-refractivity contribution is 5.98. The molecule has 3 N–H and O–H groups in total. The topological polar surface area (TPSA) is 114 Å². The second kappa shape index (κ2) is 9.83. The van der Waals surface area contributed by atoms with E-state index in [1.54, 1.807) is 18.2 Å². The van der Waals surface area contributed by atoms with Crippen LogP contribution in [0.25, 0.3) is 21.9 Å². The summed E-state index contributed by atoms with van der Waals surface area (Å²) in [4.78, 5) is 54.0. The van der Waals surface area contributed by atoms with Crippen molar-refractivity contribution < 1.29 is 18.8 Å². The highest BCUT2D eigenvalue weighted by Gasteiger charge is 2.49. The van der Waals surface area contributed by atoms with E-state index < -0.39 is 11.7 Å². The molecule has 9 nitrogen and oxygen atoms in total. The van der Waals surface area contributed by atoms with Gasteiger partial charge in [-0.15, -0.1) is 0 Å². The Hall–Kier alpha value is -4.21. The fourth-order valence-electron chi connectivity index (χ4n) is 5.94. The van der Waals surface area contributed by atoms with Gasteiger partial charge in [0.1, 0.15) is 11.5 Å². The number of benzene rings is 2. The van der Waals surface area contributed by atoms with Crippen LogP contribution in [0.4, 0.5) is 4.39 Å². The van der Waals surface area contributed by atoms with E-state index in [0.29, 0.717) is 24.3 Å². The van der Waals surface area contributed by atoms with Crippen molar-refractivity contribution >= 4 is 39.7 Å². The van der Waals surface area contributed by atoms with Crippen molar-refractivity contribution in [2.75, 3.05) is 19.6 Å². The standard InChI is InChI=1S/C29H31FN6O3/c1-3-16(2)20(13-31-27(37)24-11-17-7-6-8-21(30)25(17)32-24)28(38)35-14-19-12-18(35)15-36(19)29(39)26-33-22-9-4-5-10-23(22)34-26/h4-11,16,18-20,32H,3,12-15H2,1-2H3,(H,31,37)(H,33,34)/t16-,18?,19-,20?/m0/s1. The van der Waals surface area contributed by atoms with Gasteiger partial charge < -0.3 is 25.1 Å². The van der Waals surface area contributed by atoms with Gasteiger partial charge in [-0.05, 0) is 36.6 Å². The molecule has 2 aromatic carbocycles. The molecule has 0 radical (unpaired) electrons. The fraction of sp³-hybridized carbons (Fsp3) is 0.379. The zero-order valence-corrected chi connectivity index (χ0v) is 21.9. The zero-order chi connectivity index (χ0) is 27.3. The Morgan fingerprint density at radius 3 is 2.56 bits per heavy atom. The number of hydrogen-bond acceptors (Lipinski definition) is 4. The van der Waals surface area contributed by atoms with Crippen LogP contribution in [0.2, 0.25) is 0 Å². The van der Waals surface area contributed by atoms with Crippen LogP contribution in [-0.4, -0.2) is 74.2 Å². The maximum absolute atomic E-state index is 14.1. The van der Waals surface area contributed by atoms with E-state index in [0.717, 1.165) is 23.9 Å². The first-order valence-corrected chi connectivity index (χ1v) is 13.5. The molecule has 3 amide bonds. The molecule has 10 heteroatoms. The molecule has 4 atom stereocenters. The molecule has 202 valence electrons. The number of nitrogens with one attached hydrogen (secondary N) is 3. The number of piperazine rings is 1. The van der Waals surface area contributed by atoms with E-state index in [4.69, 9.17) is 0 Å². The SMILES string of the molecule is CC[C@H](C)C(CNC(=O)c1cc2cccc(F)c2[nH]1)C(=O)N1C[C@@H]2CC1CN2C(=O)c1nc2ccccc2[nH]1. The summed E-state index contributed by atoms with van der Waals surface area (Å²) in [6.45, 7) is 5.15. The summed E-state index contributed by atoms with van der Waals surface area (Å²) in [5.74, 6) is -0.988. The molecule has 2 bridgehead atoms. The average molecular weight is 531 g/mol. The second-order valence-electron chi connectivity index (χ2n) is 10.7. The van der Waals surface area contributed by atoms with E-state index in [2.05, 4.69) is 20.3 Å². The van der Waals surface area contributed by atoms with Crippen molar-refractivity contribution in [2.45, 2.75) is 38.8 Å². The second-order valence-corrected chi connectivity index (χ2v) is 10.7. The van der Waals surface area contributed by atoms with Crippen molar-refractivity contribution in [1.82, 2.24) is 30.1 Å². The van der Waals surface area contributed by atoms with Crippen LogP contribution in [0.1, 0.15) is 47.8 Å². The van der Waals surface area contributed by atoms with Crippen molar-refractivity contribution in [1.29, 1.82) is 0 Å². The summed E-state index contributed by atoms with van der Waals surface area (Å²) in [5.41, 5.74) is 2.11. The van der Waals surface area contributed by atoms with Crippen molar-refractivity contribution in [3.05, 3.63) is 65.9 Å². The van der Waals surface area contributed by atoms with Crippen LogP contribution in [0.5, 0.6) is 0 Å². The van der Waals surface area contributed by atoms with Crippen molar-refractivity contribution in [3.63, 3.8) is 0 Å². The van der Waals surface area contributed by atoms with Gasteiger partial charge >= 0.3 is 0 Å². The molecule has 0 aliphatic carbocycles. The quantitative estimate of drug-likeness (QED) is 0.338. The molecule has 4 aromatic rings. The van der Waals surface area contributed by atoms with Gasteiger partial charge in [0.15, 0.2) is 5.82 Å². The van der Waals surface area contributed by atoms with Gasteiger partial charge in [-0.25, -0.2) is 9.37 Å². The lowest BCUT2D eigenvalue weighted by Crippen LogP contribution is -2.54. The molecule has 2 aliphatic heterocycles. The number of fused-ring (bicyclic) bond motifs is 4. The zero-order valence-electron chi connectivity index (χ0n) is 21.9. The van der Waals surface area contributed by atoms with Gasteiger partial charge in [-0.2, -0.15) is 0 Å². The Bertz CT molecular complexity index is 1540. The number of amides is 3. The summed E-state index contributed by atoms with van der Waals surface area (Å²) in [5, 5.41) is 3.50. The lowest BCUT2D eigenvalue weighted by Gasteiger charge is -2.37. The predicted molar refractivity (Wildman–Crippen MR) is 145 cm³/mol. The highest BCUT2D eigenvalue weighted by Crippen LogP contribution is 2.34. The Morgan fingerprint density at radius 2 is 1.85 bits per heavy atom. The maximum atomic E-state index is 14.1. The Labute approximate surface area is 224 Å². The fourth-order valence-corrected chi connectivity index (χ4v) is 5.94. The number of hydrogen-bond donors (Lipinski definition) is 3. The lowest BCUT2D eigenvalue weighted by atomic mass is 9.90. The maximum Gasteiger partial charge on any atom is 0.290 e. The molecule has 0 spiro atoms. The largest absolute Gasteiger partial charge is 0.350 e. The molecule has 2 saturated heterocycles. The van der Waals surface area contributed by atoms with Crippen LogP contribution < -0.4 is 5.32 Å². The summed E-state index contributed by atoms with van der Waals surface area (Å²) in [6, 6.07) is 13.7. The average Bonchev–Trinajstić information content (AvgIpc) is 3.74. The smallest absolute Gasteiger partial charge is 0.290 e. The molecule has 4 heterocycles. The number of aromatic nitrogens is 3. The van der Waals surface area contributed by atoms with Crippen LogP contribution in [0, 0.1) is 17.7 Å². The van der Waals surface area contributed by atoms with E-state index in [1.165, 1.54) is 6.07 Å².